The first-order chi connectivity index (χ1) is 9.90. The number of hydrogen-bond acceptors (Lipinski definition) is 2. The molecule has 1 aromatic carbocycles. The van der Waals surface area contributed by atoms with E-state index in [-0.39, 0.29) is 17.8 Å². The number of nitrogens with zero attached hydrogens (tertiary/aromatic N) is 1. The highest BCUT2D eigenvalue weighted by Crippen LogP contribution is 2.27. The SMILES string of the molecule is CC1CC(C)C(C)N(CCC(=O)c2cccc(F)c2F)C1. The maximum absolute atomic E-state index is 13.6. The van der Waals surface area contributed by atoms with Crippen LogP contribution < -0.4 is 0 Å². The van der Waals surface area contributed by atoms with Crippen molar-refractivity contribution in [3.8, 4) is 0 Å². The molecule has 1 aliphatic heterocycles. The largest absolute Gasteiger partial charge is 0.300 e. The second-order valence-electron chi connectivity index (χ2n) is 6.33. The molecule has 0 amide bonds. The smallest absolute Gasteiger partial charge is 0.169 e. The van der Waals surface area contributed by atoms with E-state index in [9.17, 15) is 13.6 Å². The Morgan fingerprint density at radius 2 is 2.00 bits per heavy atom. The van der Waals surface area contributed by atoms with Crippen LogP contribution in [-0.2, 0) is 0 Å². The van der Waals surface area contributed by atoms with Crippen molar-refractivity contribution < 1.29 is 13.6 Å². The second kappa shape index (κ2) is 6.65. The first-order valence-electron chi connectivity index (χ1n) is 7.61. The summed E-state index contributed by atoms with van der Waals surface area (Å²) in [5, 5.41) is 0. The molecule has 21 heavy (non-hydrogen) atoms. The topological polar surface area (TPSA) is 20.3 Å². The molecule has 1 aromatic rings. The zero-order chi connectivity index (χ0) is 15.6. The summed E-state index contributed by atoms with van der Waals surface area (Å²) in [6.45, 7) is 8.17. The quantitative estimate of drug-likeness (QED) is 0.785. The van der Waals surface area contributed by atoms with Gasteiger partial charge >= 0.3 is 0 Å². The normalized spacial score (nSPS) is 26.8. The van der Waals surface area contributed by atoms with Crippen LogP contribution >= 0.6 is 0 Å². The molecule has 0 aromatic heterocycles. The summed E-state index contributed by atoms with van der Waals surface area (Å²) in [5.41, 5.74) is -0.138. The lowest BCUT2D eigenvalue weighted by Crippen LogP contribution is -2.46. The van der Waals surface area contributed by atoms with E-state index in [0.29, 0.717) is 24.4 Å². The molecule has 116 valence electrons. The first kappa shape index (κ1) is 16.1. The summed E-state index contributed by atoms with van der Waals surface area (Å²) in [5.74, 6) is -1.12. The highest BCUT2D eigenvalue weighted by atomic mass is 19.2. The van der Waals surface area contributed by atoms with Crippen molar-refractivity contribution in [2.75, 3.05) is 13.1 Å². The zero-order valence-corrected chi connectivity index (χ0v) is 12.9. The van der Waals surface area contributed by atoms with E-state index in [1.54, 1.807) is 0 Å². The number of likely N-dealkylation sites (tertiary alicyclic amines) is 1. The fraction of sp³-hybridized carbons (Fsp3) is 0.588. The van der Waals surface area contributed by atoms with Crippen LogP contribution in [0.25, 0.3) is 0 Å². The third-order valence-corrected chi connectivity index (χ3v) is 4.60. The van der Waals surface area contributed by atoms with Gasteiger partial charge in [-0.1, -0.05) is 19.9 Å². The van der Waals surface area contributed by atoms with Gasteiger partial charge in [-0.25, -0.2) is 8.78 Å². The molecule has 3 unspecified atom stereocenters. The van der Waals surface area contributed by atoms with Crippen LogP contribution in [0.5, 0.6) is 0 Å². The summed E-state index contributed by atoms with van der Waals surface area (Å²) in [6, 6.07) is 4.18. The molecule has 4 heteroatoms. The van der Waals surface area contributed by atoms with Gasteiger partial charge in [0.05, 0.1) is 5.56 Å². The van der Waals surface area contributed by atoms with Crippen molar-refractivity contribution in [1.29, 1.82) is 0 Å². The van der Waals surface area contributed by atoms with Crippen molar-refractivity contribution in [3.05, 3.63) is 35.4 Å². The number of piperidine rings is 1. The summed E-state index contributed by atoms with van der Waals surface area (Å²) in [4.78, 5) is 14.4. The molecule has 0 saturated carbocycles. The molecule has 0 bridgehead atoms. The third kappa shape index (κ3) is 3.67. The summed E-state index contributed by atoms with van der Waals surface area (Å²) < 4.78 is 26.8. The van der Waals surface area contributed by atoms with Gasteiger partial charge in [-0.05, 0) is 37.3 Å². The number of carbonyl (C=O) groups excluding carboxylic acids is 1. The molecule has 0 N–H and O–H groups in total. The van der Waals surface area contributed by atoms with Gasteiger partial charge in [-0.3, -0.25) is 9.69 Å². The number of Topliss-reactive ketones (excluding diaryl/α,β-unsaturated/α-hetero) is 1. The molecule has 2 rings (SSSR count). The van der Waals surface area contributed by atoms with E-state index in [4.69, 9.17) is 0 Å². The lowest BCUT2D eigenvalue weighted by atomic mass is 9.86. The van der Waals surface area contributed by atoms with Crippen molar-refractivity contribution in [2.24, 2.45) is 11.8 Å². The van der Waals surface area contributed by atoms with E-state index < -0.39 is 11.6 Å². The predicted molar refractivity (Wildman–Crippen MR) is 79.3 cm³/mol. The van der Waals surface area contributed by atoms with Crippen LogP contribution in [0.2, 0.25) is 0 Å². The van der Waals surface area contributed by atoms with Gasteiger partial charge in [-0.15, -0.1) is 0 Å². The van der Waals surface area contributed by atoms with Gasteiger partial charge < -0.3 is 0 Å². The van der Waals surface area contributed by atoms with E-state index >= 15 is 0 Å². The van der Waals surface area contributed by atoms with Crippen molar-refractivity contribution >= 4 is 5.78 Å². The number of ketones is 1. The molecule has 1 heterocycles. The van der Waals surface area contributed by atoms with E-state index in [1.807, 2.05) is 0 Å². The van der Waals surface area contributed by atoms with Gasteiger partial charge in [0.15, 0.2) is 17.4 Å². The van der Waals surface area contributed by atoms with Crippen molar-refractivity contribution in [1.82, 2.24) is 4.90 Å². The van der Waals surface area contributed by atoms with Crippen molar-refractivity contribution in [3.63, 3.8) is 0 Å². The Hall–Kier alpha value is -1.29. The lowest BCUT2D eigenvalue weighted by Gasteiger charge is -2.41. The Balaban J connectivity index is 1.99. The summed E-state index contributed by atoms with van der Waals surface area (Å²) in [6.07, 6.45) is 1.42. The maximum atomic E-state index is 13.6. The number of benzene rings is 1. The van der Waals surface area contributed by atoms with Crippen LogP contribution in [0.4, 0.5) is 8.78 Å². The standard InChI is InChI=1S/C17H23F2NO/c1-11-9-12(2)13(3)20(10-11)8-7-16(21)14-5-4-6-15(18)17(14)19/h4-6,11-13H,7-10H2,1-3H3. The fourth-order valence-corrected chi connectivity index (χ4v) is 3.23. The van der Waals surface area contributed by atoms with Crippen LogP contribution in [0, 0.1) is 23.5 Å². The Morgan fingerprint density at radius 3 is 2.71 bits per heavy atom. The van der Waals surface area contributed by atoms with E-state index in [2.05, 4.69) is 25.7 Å². The Bertz CT molecular complexity index is 518. The monoisotopic (exact) mass is 295 g/mol. The minimum atomic E-state index is -1.03. The molecule has 3 atom stereocenters. The third-order valence-electron chi connectivity index (χ3n) is 4.60. The van der Waals surface area contributed by atoms with Crippen LogP contribution in [0.3, 0.4) is 0 Å². The van der Waals surface area contributed by atoms with Crippen LogP contribution in [0.1, 0.15) is 44.0 Å². The second-order valence-corrected chi connectivity index (χ2v) is 6.33. The maximum Gasteiger partial charge on any atom is 0.169 e. The highest BCUT2D eigenvalue weighted by Gasteiger charge is 2.29. The average Bonchev–Trinajstić information content (AvgIpc) is 2.43. The summed E-state index contributed by atoms with van der Waals surface area (Å²) in [7, 11) is 0. The Kier molecular flexibility index (Phi) is 5.09. The van der Waals surface area contributed by atoms with Gasteiger partial charge in [0.1, 0.15) is 0 Å². The number of carbonyl (C=O) groups is 1. The number of halogens is 2. The highest BCUT2D eigenvalue weighted by molar-refractivity contribution is 5.96. The Labute approximate surface area is 125 Å². The molecule has 0 aliphatic carbocycles. The van der Waals surface area contributed by atoms with E-state index in [1.165, 1.54) is 18.6 Å². The van der Waals surface area contributed by atoms with Gasteiger partial charge in [-0.2, -0.15) is 0 Å². The predicted octanol–water partition coefficient (Wildman–Crippen LogP) is 3.90. The number of rotatable bonds is 4. The fourth-order valence-electron chi connectivity index (χ4n) is 3.23. The zero-order valence-electron chi connectivity index (χ0n) is 12.9. The summed E-state index contributed by atoms with van der Waals surface area (Å²) >= 11 is 0. The average molecular weight is 295 g/mol. The molecular weight excluding hydrogens is 272 g/mol. The molecular formula is C17H23F2NO. The van der Waals surface area contributed by atoms with Gasteiger partial charge in [0, 0.05) is 25.6 Å². The molecule has 0 radical (unpaired) electrons. The van der Waals surface area contributed by atoms with Crippen molar-refractivity contribution in [2.45, 2.75) is 39.7 Å². The molecule has 1 aliphatic rings. The number of hydrogen-bond donors (Lipinski definition) is 0. The first-order valence-corrected chi connectivity index (χ1v) is 7.61. The molecule has 2 nitrogen and oxygen atoms in total. The van der Waals surface area contributed by atoms with E-state index in [0.717, 1.165) is 12.6 Å². The van der Waals surface area contributed by atoms with Crippen LogP contribution in [-0.4, -0.2) is 29.8 Å². The lowest BCUT2D eigenvalue weighted by molar-refractivity contribution is 0.0719. The minimum absolute atomic E-state index is 0.138. The molecule has 1 fully saturated rings. The van der Waals surface area contributed by atoms with Gasteiger partial charge in [0.2, 0.25) is 0 Å². The minimum Gasteiger partial charge on any atom is -0.300 e. The van der Waals surface area contributed by atoms with Crippen LogP contribution in [0.15, 0.2) is 18.2 Å². The molecule has 0 spiro atoms. The Morgan fingerprint density at radius 1 is 1.29 bits per heavy atom. The van der Waals surface area contributed by atoms with Gasteiger partial charge in [0.25, 0.3) is 0 Å². The molecule has 1 saturated heterocycles.